The fourth-order valence-electron chi connectivity index (χ4n) is 10.1. The standard InChI is InChI=1S/C60H48N2O3/c1-59(2,3)46-32-17-28-41-43-30-19-34-48(56(43)64-54(41)46)61(37-21-9-7-10-22-37)52-39-25-13-14-26-40(39)53(58-51(52)45-27-15-16-36-50(45)63-58)62(38-23-11-8-12-24-38)49-35-20-31-44-42-29-18-33-47(60(4,5)6)55(42)65-57(44)49/h7-36H,1-6H3. The van der Waals surface area contributed by atoms with Crippen LogP contribution in [-0.4, -0.2) is 0 Å². The SMILES string of the molecule is CC(C)(C)c1cccc2c1oc1c(N(c3ccccc3)c3c4ccccc4c(N(c4ccccc4)c4cccc5c4oc4c(C(C)(C)C)cccc45)c4c3oc3ccccc34)cccc12. The molecule has 5 heteroatoms. The van der Waals surface area contributed by atoms with Gasteiger partial charge in [-0.25, -0.2) is 0 Å². The molecule has 0 aliphatic rings. The van der Waals surface area contributed by atoms with Crippen LogP contribution in [0.15, 0.2) is 195 Å². The van der Waals surface area contributed by atoms with Gasteiger partial charge in [-0.2, -0.15) is 0 Å². The van der Waals surface area contributed by atoms with Crippen molar-refractivity contribution in [3.8, 4) is 0 Å². The predicted molar refractivity (Wildman–Crippen MR) is 273 cm³/mol. The van der Waals surface area contributed by atoms with Crippen LogP contribution in [0.1, 0.15) is 52.7 Å². The highest BCUT2D eigenvalue weighted by Crippen LogP contribution is 2.56. The average Bonchev–Trinajstić information content (AvgIpc) is 4.02. The molecule has 5 nitrogen and oxygen atoms in total. The van der Waals surface area contributed by atoms with Crippen LogP contribution in [0.2, 0.25) is 0 Å². The lowest BCUT2D eigenvalue weighted by Crippen LogP contribution is -2.14. The average molecular weight is 845 g/mol. The Balaban J connectivity index is 1.23. The summed E-state index contributed by atoms with van der Waals surface area (Å²) in [4.78, 5) is 4.73. The number of para-hydroxylation sites is 7. The molecular weight excluding hydrogens is 797 g/mol. The number of furan rings is 3. The lowest BCUT2D eigenvalue weighted by Gasteiger charge is -2.31. The molecule has 0 spiro atoms. The zero-order chi connectivity index (χ0) is 44.2. The van der Waals surface area contributed by atoms with Crippen LogP contribution in [0.4, 0.5) is 34.1 Å². The molecule has 12 aromatic rings. The second-order valence-electron chi connectivity index (χ2n) is 19.3. The first-order chi connectivity index (χ1) is 31.6. The Morgan fingerprint density at radius 3 is 1.18 bits per heavy atom. The minimum atomic E-state index is -0.120. The summed E-state index contributed by atoms with van der Waals surface area (Å²) in [5.41, 5.74) is 12.9. The van der Waals surface area contributed by atoms with Crippen LogP contribution in [0.5, 0.6) is 0 Å². The van der Waals surface area contributed by atoms with Crippen molar-refractivity contribution >= 4 is 111 Å². The smallest absolute Gasteiger partial charge is 0.162 e. The molecule has 65 heavy (non-hydrogen) atoms. The van der Waals surface area contributed by atoms with E-state index in [4.69, 9.17) is 13.3 Å². The molecule has 0 fully saturated rings. The van der Waals surface area contributed by atoms with Crippen LogP contribution in [-0.2, 0) is 10.8 Å². The first kappa shape index (κ1) is 38.9. The molecule has 0 bridgehead atoms. The molecule has 0 saturated heterocycles. The maximum Gasteiger partial charge on any atom is 0.162 e. The van der Waals surface area contributed by atoms with Crippen LogP contribution >= 0.6 is 0 Å². The van der Waals surface area contributed by atoms with Gasteiger partial charge in [0.2, 0.25) is 0 Å². The normalized spacial score (nSPS) is 12.5. The van der Waals surface area contributed by atoms with E-state index in [-0.39, 0.29) is 10.8 Å². The van der Waals surface area contributed by atoms with Gasteiger partial charge in [0, 0.05) is 60.2 Å². The second-order valence-corrected chi connectivity index (χ2v) is 19.3. The molecule has 12 rings (SSSR count). The zero-order valence-electron chi connectivity index (χ0n) is 37.4. The molecule has 0 saturated carbocycles. The predicted octanol–water partition coefficient (Wildman–Crippen LogP) is 18.1. The molecule has 0 aliphatic heterocycles. The van der Waals surface area contributed by atoms with Gasteiger partial charge in [0.15, 0.2) is 16.7 Å². The maximum atomic E-state index is 7.28. The fourth-order valence-corrected chi connectivity index (χ4v) is 10.1. The lowest BCUT2D eigenvalue weighted by atomic mass is 9.86. The Kier molecular flexibility index (Phi) is 8.60. The summed E-state index contributed by atoms with van der Waals surface area (Å²) in [7, 11) is 0. The zero-order valence-corrected chi connectivity index (χ0v) is 37.4. The molecule has 3 aromatic heterocycles. The van der Waals surface area contributed by atoms with E-state index < -0.39 is 0 Å². The van der Waals surface area contributed by atoms with Crippen LogP contribution in [0, 0.1) is 0 Å². The van der Waals surface area contributed by atoms with E-state index in [9.17, 15) is 0 Å². The third kappa shape index (κ3) is 5.99. The van der Waals surface area contributed by atoms with Gasteiger partial charge in [0.1, 0.15) is 16.7 Å². The van der Waals surface area contributed by atoms with E-state index in [2.05, 4.69) is 233 Å². The Bertz CT molecular complexity index is 3800. The van der Waals surface area contributed by atoms with Gasteiger partial charge >= 0.3 is 0 Å². The quantitative estimate of drug-likeness (QED) is 0.156. The first-order valence-corrected chi connectivity index (χ1v) is 22.5. The summed E-state index contributed by atoms with van der Waals surface area (Å²) < 4.78 is 21.6. The maximum absolute atomic E-state index is 7.28. The topological polar surface area (TPSA) is 45.9 Å². The van der Waals surface area contributed by atoms with Crippen molar-refractivity contribution in [2.45, 2.75) is 52.4 Å². The van der Waals surface area contributed by atoms with Crippen molar-refractivity contribution < 1.29 is 13.3 Å². The summed E-state index contributed by atoms with van der Waals surface area (Å²) in [6, 6.07) is 64.5. The Hall–Kier alpha value is -7.76. The molecule has 0 N–H and O–H groups in total. The van der Waals surface area contributed by atoms with Gasteiger partial charge in [0.05, 0.1) is 28.1 Å². The lowest BCUT2D eigenvalue weighted by molar-refractivity contribution is 0.572. The Morgan fingerprint density at radius 1 is 0.308 bits per heavy atom. The summed E-state index contributed by atoms with van der Waals surface area (Å²) in [6.07, 6.45) is 0. The number of fused-ring (bicyclic) bond motifs is 10. The summed E-state index contributed by atoms with van der Waals surface area (Å²) in [5, 5.41) is 8.43. The van der Waals surface area contributed by atoms with Crippen molar-refractivity contribution in [3.63, 3.8) is 0 Å². The summed E-state index contributed by atoms with van der Waals surface area (Å²) >= 11 is 0. The van der Waals surface area contributed by atoms with Crippen LogP contribution in [0.3, 0.4) is 0 Å². The largest absolute Gasteiger partial charge is 0.454 e. The highest BCUT2D eigenvalue weighted by Gasteiger charge is 2.32. The molecule has 0 atom stereocenters. The van der Waals surface area contributed by atoms with Gasteiger partial charge < -0.3 is 23.1 Å². The molecule has 316 valence electrons. The minimum Gasteiger partial charge on any atom is -0.454 e. The fraction of sp³-hybridized carbons (Fsp3) is 0.133. The number of hydrogen-bond acceptors (Lipinski definition) is 5. The molecular formula is C60H48N2O3. The number of rotatable bonds is 6. The highest BCUT2D eigenvalue weighted by molar-refractivity contribution is 6.29. The number of benzene rings is 9. The number of anilines is 6. The van der Waals surface area contributed by atoms with Crippen molar-refractivity contribution in [2.75, 3.05) is 9.80 Å². The first-order valence-electron chi connectivity index (χ1n) is 22.5. The van der Waals surface area contributed by atoms with E-state index in [1.54, 1.807) is 0 Å². The van der Waals surface area contributed by atoms with Gasteiger partial charge in [-0.3, -0.25) is 0 Å². The third-order valence-electron chi connectivity index (χ3n) is 13.1. The molecule has 3 heterocycles. The molecule has 0 radical (unpaired) electrons. The van der Waals surface area contributed by atoms with E-state index in [1.807, 2.05) is 0 Å². The molecule has 0 amide bonds. The van der Waals surface area contributed by atoms with Gasteiger partial charge in [-0.15, -0.1) is 0 Å². The highest BCUT2D eigenvalue weighted by atomic mass is 16.3. The third-order valence-corrected chi connectivity index (χ3v) is 13.1. The monoisotopic (exact) mass is 844 g/mol. The molecule has 0 aliphatic carbocycles. The van der Waals surface area contributed by atoms with E-state index in [0.717, 1.165) is 111 Å². The minimum absolute atomic E-state index is 0.118. The number of nitrogens with zero attached hydrogens (tertiary/aromatic N) is 2. The second kappa shape index (κ2) is 14.4. The van der Waals surface area contributed by atoms with Crippen molar-refractivity contribution in [1.82, 2.24) is 0 Å². The van der Waals surface area contributed by atoms with E-state index in [1.165, 1.54) is 11.1 Å². The van der Waals surface area contributed by atoms with Crippen LogP contribution in [0.25, 0.3) is 76.6 Å². The van der Waals surface area contributed by atoms with Crippen molar-refractivity contribution in [3.05, 3.63) is 193 Å². The Labute approximate surface area is 377 Å². The van der Waals surface area contributed by atoms with Gasteiger partial charge in [-0.05, 0) is 53.3 Å². The molecule has 9 aromatic carbocycles. The van der Waals surface area contributed by atoms with E-state index >= 15 is 0 Å². The van der Waals surface area contributed by atoms with Gasteiger partial charge in [0.25, 0.3) is 0 Å². The molecule has 0 unspecified atom stereocenters. The Morgan fingerprint density at radius 2 is 0.692 bits per heavy atom. The summed E-state index contributed by atoms with van der Waals surface area (Å²) in [5.74, 6) is 0. The van der Waals surface area contributed by atoms with Gasteiger partial charge in [-0.1, -0.05) is 181 Å². The van der Waals surface area contributed by atoms with Crippen molar-refractivity contribution in [2.24, 2.45) is 0 Å². The van der Waals surface area contributed by atoms with Crippen molar-refractivity contribution in [1.29, 1.82) is 0 Å². The van der Waals surface area contributed by atoms with E-state index in [0.29, 0.717) is 0 Å². The van der Waals surface area contributed by atoms with Crippen LogP contribution < -0.4 is 9.80 Å². The summed E-state index contributed by atoms with van der Waals surface area (Å²) in [6.45, 7) is 13.5. The number of hydrogen-bond donors (Lipinski definition) is 0.